The minimum absolute atomic E-state index is 0.160. The van der Waals surface area contributed by atoms with Gasteiger partial charge in [0.2, 0.25) is 5.91 Å². The van der Waals surface area contributed by atoms with Crippen LogP contribution in [0, 0.1) is 11.8 Å². The minimum atomic E-state index is -0.759. The molecule has 1 fully saturated rings. The molecule has 146 valence electrons. The number of likely N-dealkylation sites (tertiary alicyclic amines) is 1. The maximum atomic E-state index is 13.0. The highest BCUT2D eigenvalue weighted by atomic mass is 16.2. The average Bonchev–Trinajstić information content (AvgIpc) is 2.67. The van der Waals surface area contributed by atoms with Gasteiger partial charge in [-0.15, -0.1) is 0 Å². The second kappa shape index (κ2) is 8.21. The number of amides is 3. The molecule has 1 aliphatic rings. The highest BCUT2D eigenvalue weighted by Crippen LogP contribution is 2.38. The SMILES string of the molecule is C[C@H]1C[C@H](C)[C@H](c2ccccc2)N(C(=O)C(=O)Nc2cncc(C(N)=O)c2)C1. The van der Waals surface area contributed by atoms with Gasteiger partial charge in [-0.1, -0.05) is 44.2 Å². The Morgan fingerprint density at radius 3 is 2.54 bits per heavy atom. The van der Waals surface area contributed by atoms with Crippen LogP contribution in [0.25, 0.3) is 0 Å². The molecule has 1 saturated heterocycles. The molecular formula is C21H24N4O3. The summed E-state index contributed by atoms with van der Waals surface area (Å²) in [5.74, 6) is -1.49. The summed E-state index contributed by atoms with van der Waals surface area (Å²) in [4.78, 5) is 42.4. The number of pyridine rings is 1. The first-order valence-corrected chi connectivity index (χ1v) is 9.28. The van der Waals surface area contributed by atoms with Crippen LogP contribution in [0.4, 0.5) is 5.69 Å². The molecule has 1 aromatic heterocycles. The zero-order valence-electron chi connectivity index (χ0n) is 16.0. The first kappa shape index (κ1) is 19.5. The summed E-state index contributed by atoms with van der Waals surface area (Å²) < 4.78 is 0. The highest BCUT2D eigenvalue weighted by molar-refractivity contribution is 6.39. The van der Waals surface area contributed by atoms with Crippen LogP contribution < -0.4 is 11.1 Å². The van der Waals surface area contributed by atoms with E-state index in [1.807, 2.05) is 30.3 Å². The predicted molar refractivity (Wildman–Crippen MR) is 105 cm³/mol. The molecule has 2 aromatic rings. The Bertz CT molecular complexity index is 884. The van der Waals surface area contributed by atoms with E-state index in [4.69, 9.17) is 5.73 Å². The van der Waals surface area contributed by atoms with Crippen molar-refractivity contribution in [1.29, 1.82) is 0 Å². The van der Waals surface area contributed by atoms with Gasteiger partial charge < -0.3 is 16.0 Å². The Kier molecular flexibility index (Phi) is 5.73. The van der Waals surface area contributed by atoms with Crippen molar-refractivity contribution in [2.24, 2.45) is 17.6 Å². The first-order chi connectivity index (χ1) is 13.4. The standard InChI is InChI=1S/C21H24N4O3/c1-13-8-14(2)18(15-6-4-3-5-7-15)25(12-13)21(28)20(27)24-17-9-16(19(22)26)10-23-11-17/h3-7,9-11,13-14,18H,8,12H2,1-2H3,(H2,22,26)(H,24,27)/t13-,14-,18+/m0/s1. The number of carbonyl (C=O) groups is 3. The molecule has 0 aliphatic carbocycles. The van der Waals surface area contributed by atoms with Crippen LogP contribution in [0.15, 0.2) is 48.8 Å². The molecule has 3 amide bonds. The van der Waals surface area contributed by atoms with Crippen LogP contribution >= 0.6 is 0 Å². The Hall–Kier alpha value is -3.22. The van der Waals surface area contributed by atoms with Gasteiger partial charge in [-0.3, -0.25) is 19.4 Å². The summed E-state index contributed by atoms with van der Waals surface area (Å²) >= 11 is 0. The number of piperidine rings is 1. The molecule has 0 bridgehead atoms. The van der Waals surface area contributed by atoms with Gasteiger partial charge in [-0.05, 0) is 29.9 Å². The molecule has 0 saturated carbocycles. The fourth-order valence-corrected chi connectivity index (χ4v) is 3.92. The van der Waals surface area contributed by atoms with E-state index in [2.05, 4.69) is 24.1 Å². The summed E-state index contributed by atoms with van der Waals surface area (Å²) in [6.45, 7) is 4.69. The van der Waals surface area contributed by atoms with E-state index < -0.39 is 17.7 Å². The number of aromatic nitrogens is 1. The van der Waals surface area contributed by atoms with E-state index in [1.165, 1.54) is 18.5 Å². The highest BCUT2D eigenvalue weighted by Gasteiger charge is 2.38. The lowest BCUT2D eigenvalue weighted by molar-refractivity contribution is -0.147. The quantitative estimate of drug-likeness (QED) is 0.797. The van der Waals surface area contributed by atoms with Gasteiger partial charge in [-0.2, -0.15) is 0 Å². The molecule has 7 nitrogen and oxygen atoms in total. The number of anilines is 1. The first-order valence-electron chi connectivity index (χ1n) is 9.28. The third-order valence-electron chi connectivity index (χ3n) is 5.03. The molecule has 1 aromatic carbocycles. The lowest BCUT2D eigenvalue weighted by Crippen LogP contribution is -2.49. The molecule has 0 radical (unpaired) electrons. The van der Waals surface area contributed by atoms with Crippen LogP contribution in [-0.4, -0.2) is 34.2 Å². The second-order valence-corrected chi connectivity index (χ2v) is 7.41. The number of rotatable bonds is 3. The second-order valence-electron chi connectivity index (χ2n) is 7.41. The number of nitrogens with one attached hydrogen (secondary N) is 1. The van der Waals surface area contributed by atoms with Gasteiger partial charge in [0.25, 0.3) is 0 Å². The molecule has 0 unspecified atom stereocenters. The van der Waals surface area contributed by atoms with Crippen molar-refractivity contribution in [3.8, 4) is 0 Å². The Balaban J connectivity index is 1.82. The summed E-state index contributed by atoms with van der Waals surface area (Å²) in [6.07, 6.45) is 3.66. The maximum Gasteiger partial charge on any atom is 0.313 e. The largest absolute Gasteiger partial charge is 0.366 e. The molecule has 2 heterocycles. The Morgan fingerprint density at radius 2 is 1.86 bits per heavy atom. The van der Waals surface area contributed by atoms with E-state index >= 15 is 0 Å². The van der Waals surface area contributed by atoms with Crippen molar-refractivity contribution in [3.63, 3.8) is 0 Å². The van der Waals surface area contributed by atoms with E-state index in [1.54, 1.807) is 4.90 Å². The number of nitrogens with two attached hydrogens (primary N) is 1. The number of hydrogen-bond donors (Lipinski definition) is 2. The van der Waals surface area contributed by atoms with Crippen LogP contribution in [0.3, 0.4) is 0 Å². The van der Waals surface area contributed by atoms with Crippen LogP contribution in [0.5, 0.6) is 0 Å². The van der Waals surface area contributed by atoms with E-state index in [0.717, 1.165) is 12.0 Å². The smallest absolute Gasteiger partial charge is 0.313 e. The normalized spacial score (nSPS) is 21.8. The fraction of sp³-hybridized carbons (Fsp3) is 0.333. The lowest BCUT2D eigenvalue weighted by Gasteiger charge is -2.42. The van der Waals surface area contributed by atoms with Crippen molar-refractivity contribution in [2.45, 2.75) is 26.3 Å². The molecule has 0 spiro atoms. The van der Waals surface area contributed by atoms with Crippen molar-refractivity contribution in [3.05, 3.63) is 59.9 Å². The summed E-state index contributed by atoms with van der Waals surface area (Å²) in [7, 11) is 0. The van der Waals surface area contributed by atoms with Gasteiger partial charge in [-0.25, -0.2) is 0 Å². The van der Waals surface area contributed by atoms with Gasteiger partial charge >= 0.3 is 11.8 Å². The molecular weight excluding hydrogens is 356 g/mol. The molecule has 3 atom stereocenters. The fourth-order valence-electron chi connectivity index (χ4n) is 3.92. The van der Waals surface area contributed by atoms with Crippen molar-refractivity contribution in [1.82, 2.24) is 9.88 Å². The van der Waals surface area contributed by atoms with Gasteiger partial charge in [0.15, 0.2) is 0 Å². The molecule has 3 N–H and O–H groups in total. The third kappa shape index (κ3) is 4.19. The number of benzene rings is 1. The summed E-state index contributed by atoms with van der Waals surface area (Å²) in [5, 5.41) is 2.54. The van der Waals surface area contributed by atoms with Crippen LogP contribution in [0.1, 0.15) is 42.2 Å². The van der Waals surface area contributed by atoms with E-state index in [0.29, 0.717) is 12.5 Å². The third-order valence-corrected chi connectivity index (χ3v) is 5.03. The molecule has 7 heteroatoms. The summed E-state index contributed by atoms with van der Waals surface area (Å²) in [6, 6.07) is 11.0. The number of nitrogens with zero attached hydrogens (tertiary/aromatic N) is 2. The zero-order chi connectivity index (χ0) is 20.3. The van der Waals surface area contributed by atoms with Crippen molar-refractivity contribution in [2.75, 3.05) is 11.9 Å². The zero-order valence-corrected chi connectivity index (χ0v) is 16.0. The molecule has 3 rings (SSSR count). The lowest BCUT2D eigenvalue weighted by atomic mass is 9.81. The minimum Gasteiger partial charge on any atom is -0.366 e. The van der Waals surface area contributed by atoms with Crippen LogP contribution in [0.2, 0.25) is 0 Å². The monoisotopic (exact) mass is 380 g/mol. The maximum absolute atomic E-state index is 13.0. The van der Waals surface area contributed by atoms with E-state index in [9.17, 15) is 14.4 Å². The van der Waals surface area contributed by atoms with Crippen LogP contribution in [-0.2, 0) is 9.59 Å². The summed E-state index contributed by atoms with van der Waals surface area (Å²) in [5.41, 5.74) is 6.66. The van der Waals surface area contributed by atoms with Gasteiger partial charge in [0, 0.05) is 12.7 Å². The van der Waals surface area contributed by atoms with Crippen molar-refractivity contribution >= 4 is 23.4 Å². The van der Waals surface area contributed by atoms with Crippen molar-refractivity contribution < 1.29 is 14.4 Å². The Labute approximate surface area is 163 Å². The van der Waals surface area contributed by atoms with Gasteiger partial charge in [0.05, 0.1) is 23.5 Å². The average molecular weight is 380 g/mol. The van der Waals surface area contributed by atoms with E-state index in [-0.39, 0.29) is 23.2 Å². The number of carbonyl (C=O) groups excluding carboxylic acids is 3. The topological polar surface area (TPSA) is 105 Å². The number of primary amides is 1. The Morgan fingerprint density at radius 1 is 1.14 bits per heavy atom. The number of hydrogen-bond acceptors (Lipinski definition) is 4. The predicted octanol–water partition coefficient (Wildman–Crippen LogP) is 2.36. The van der Waals surface area contributed by atoms with Gasteiger partial charge in [0.1, 0.15) is 0 Å². The molecule has 28 heavy (non-hydrogen) atoms. The molecule has 1 aliphatic heterocycles.